The zero-order chi connectivity index (χ0) is 20.1. The van der Waals surface area contributed by atoms with E-state index in [2.05, 4.69) is 20.3 Å². The van der Waals surface area contributed by atoms with Gasteiger partial charge in [0.15, 0.2) is 0 Å². The molecule has 1 aliphatic heterocycles. The summed E-state index contributed by atoms with van der Waals surface area (Å²) in [5.74, 6) is 0.382. The molecule has 10 heteroatoms. The van der Waals surface area contributed by atoms with Crippen LogP contribution in [0.4, 0.5) is 10.5 Å². The lowest BCUT2D eigenvalue weighted by Crippen LogP contribution is -2.44. The minimum atomic E-state index is -3.67. The highest BCUT2D eigenvalue weighted by atomic mass is 32.2. The SMILES string of the molecule is COC(=O)Nc1ccc(S(=O)(=O)N2CCCC(Oc3ccc(C)nn3)C2)cc1. The first-order valence-corrected chi connectivity index (χ1v) is 10.2. The van der Waals surface area contributed by atoms with Crippen molar-refractivity contribution in [1.82, 2.24) is 14.5 Å². The van der Waals surface area contributed by atoms with Crippen molar-refractivity contribution >= 4 is 21.8 Å². The van der Waals surface area contributed by atoms with Gasteiger partial charge in [0.05, 0.1) is 24.2 Å². The van der Waals surface area contributed by atoms with E-state index in [1.807, 2.05) is 6.92 Å². The summed E-state index contributed by atoms with van der Waals surface area (Å²) in [5.41, 5.74) is 1.23. The maximum atomic E-state index is 12.9. The fourth-order valence-electron chi connectivity index (χ4n) is 2.87. The number of hydrogen-bond donors (Lipinski definition) is 1. The molecule has 1 fully saturated rings. The lowest BCUT2D eigenvalue weighted by atomic mass is 10.1. The molecule has 0 radical (unpaired) electrons. The maximum absolute atomic E-state index is 12.9. The molecule has 1 amide bonds. The number of aryl methyl sites for hydroxylation is 1. The molecule has 2 aromatic rings. The minimum Gasteiger partial charge on any atom is -0.472 e. The summed E-state index contributed by atoms with van der Waals surface area (Å²) in [4.78, 5) is 11.4. The summed E-state index contributed by atoms with van der Waals surface area (Å²) in [6, 6.07) is 9.46. The molecule has 1 aromatic carbocycles. The summed E-state index contributed by atoms with van der Waals surface area (Å²) in [7, 11) is -2.42. The first kappa shape index (κ1) is 20.0. The number of sulfonamides is 1. The number of nitrogens with one attached hydrogen (secondary N) is 1. The second kappa shape index (κ2) is 8.53. The Hall–Kier alpha value is -2.72. The summed E-state index contributed by atoms with van der Waals surface area (Å²) >= 11 is 0. The Morgan fingerprint density at radius 1 is 1.18 bits per heavy atom. The normalized spacial score (nSPS) is 17.7. The topological polar surface area (TPSA) is 111 Å². The van der Waals surface area contributed by atoms with E-state index in [0.29, 0.717) is 24.5 Å². The van der Waals surface area contributed by atoms with Crippen LogP contribution >= 0.6 is 0 Å². The van der Waals surface area contributed by atoms with Crippen molar-refractivity contribution in [2.75, 3.05) is 25.5 Å². The Labute approximate surface area is 163 Å². The second-order valence-corrected chi connectivity index (χ2v) is 8.34. The van der Waals surface area contributed by atoms with Crippen molar-refractivity contribution in [2.24, 2.45) is 0 Å². The van der Waals surface area contributed by atoms with Crippen LogP contribution in [0.2, 0.25) is 0 Å². The number of anilines is 1. The highest BCUT2D eigenvalue weighted by Crippen LogP contribution is 2.24. The number of methoxy groups -OCH3 is 1. The Morgan fingerprint density at radius 3 is 2.57 bits per heavy atom. The highest BCUT2D eigenvalue weighted by Gasteiger charge is 2.31. The van der Waals surface area contributed by atoms with Crippen molar-refractivity contribution in [2.45, 2.75) is 30.8 Å². The molecule has 28 heavy (non-hydrogen) atoms. The minimum absolute atomic E-state index is 0.152. The van der Waals surface area contributed by atoms with Gasteiger partial charge < -0.3 is 9.47 Å². The first-order valence-electron chi connectivity index (χ1n) is 8.80. The molecule has 9 nitrogen and oxygen atoms in total. The number of aromatic nitrogens is 2. The lowest BCUT2D eigenvalue weighted by Gasteiger charge is -2.31. The van der Waals surface area contributed by atoms with Gasteiger partial charge in [0.2, 0.25) is 15.9 Å². The highest BCUT2D eigenvalue weighted by molar-refractivity contribution is 7.89. The predicted molar refractivity (Wildman–Crippen MR) is 102 cm³/mol. The Balaban J connectivity index is 1.68. The largest absolute Gasteiger partial charge is 0.472 e. The molecule has 0 saturated carbocycles. The van der Waals surface area contributed by atoms with E-state index in [1.54, 1.807) is 12.1 Å². The molecule has 0 aliphatic carbocycles. The molecule has 1 aromatic heterocycles. The zero-order valence-electron chi connectivity index (χ0n) is 15.7. The Bertz CT molecular complexity index is 916. The van der Waals surface area contributed by atoms with Gasteiger partial charge in [0.25, 0.3) is 0 Å². The number of piperidine rings is 1. The van der Waals surface area contributed by atoms with E-state index in [-0.39, 0.29) is 17.5 Å². The van der Waals surface area contributed by atoms with Gasteiger partial charge in [-0.15, -0.1) is 5.10 Å². The lowest BCUT2D eigenvalue weighted by molar-refractivity contribution is 0.123. The number of hydrogen-bond acceptors (Lipinski definition) is 7. The van der Waals surface area contributed by atoms with Gasteiger partial charge in [-0.3, -0.25) is 5.32 Å². The molecule has 1 atom stereocenters. The third-order valence-corrected chi connectivity index (χ3v) is 6.20. The van der Waals surface area contributed by atoms with Crippen LogP contribution in [0.15, 0.2) is 41.3 Å². The van der Waals surface area contributed by atoms with E-state index < -0.39 is 16.1 Å². The smallest absolute Gasteiger partial charge is 0.411 e. The predicted octanol–water partition coefficient (Wildman–Crippen LogP) is 2.20. The van der Waals surface area contributed by atoms with Crippen LogP contribution in [0.25, 0.3) is 0 Å². The monoisotopic (exact) mass is 406 g/mol. The van der Waals surface area contributed by atoms with E-state index in [0.717, 1.165) is 12.1 Å². The second-order valence-electron chi connectivity index (χ2n) is 6.40. The van der Waals surface area contributed by atoms with E-state index in [9.17, 15) is 13.2 Å². The Morgan fingerprint density at radius 2 is 1.93 bits per heavy atom. The van der Waals surface area contributed by atoms with Crippen molar-refractivity contribution in [3.8, 4) is 5.88 Å². The van der Waals surface area contributed by atoms with Gasteiger partial charge in [-0.1, -0.05) is 0 Å². The molecule has 0 spiro atoms. The van der Waals surface area contributed by atoms with Crippen LogP contribution in [-0.4, -0.2) is 55.3 Å². The molecule has 1 saturated heterocycles. The van der Waals surface area contributed by atoms with Gasteiger partial charge in [-0.05, 0) is 50.1 Å². The molecule has 3 rings (SSSR count). The molecule has 1 aliphatic rings. The van der Waals surface area contributed by atoms with Crippen LogP contribution in [0.5, 0.6) is 5.88 Å². The molecular formula is C18H22N4O5S. The molecule has 150 valence electrons. The van der Waals surface area contributed by atoms with Gasteiger partial charge in [-0.25, -0.2) is 13.2 Å². The van der Waals surface area contributed by atoms with Crippen LogP contribution in [0.1, 0.15) is 18.5 Å². The van der Waals surface area contributed by atoms with Crippen molar-refractivity contribution in [3.63, 3.8) is 0 Å². The number of rotatable bonds is 5. The third-order valence-electron chi connectivity index (χ3n) is 4.33. The number of ether oxygens (including phenoxy) is 2. The van der Waals surface area contributed by atoms with E-state index in [1.165, 1.54) is 35.7 Å². The molecule has 0 bridgehead atoms. The van der Waals surface area contributed by atoms with Gasteiger partial charge in [0, 0.05) is 18.3 Å². The van der Waals surface area contributed by atoms with Crippen LogP contribution in [-0.2, 0) is 14.8 Å². The molecular weight excluding hydrogens is 384 g/mol. The summed E-state index contributed by atoms with van der Waals surface area (Å²) in [6.07, 6.45) is 0.515. The number of carbonyl (C=O) groups excluding carboxylic acids is 1. The first-order chi connectivity index (χ1) is 13.4. The van der Waals surface area contributed by atoms with Crippen molar-refractivity contribution < 1.29 is 22.7 Å². The fraction of sp³-hybridized carbons (Fsp3) is 0.389. The van der Waals surface area contributed by atoms with Gasteiger partial charge in [-0.2, -0.15) is 9.40 Å². The van der Waals surface area contributed by atoms with Crippen LogP contribution in [0.3, 0.4) is 0 Å². The van der Waals surface area contributed by atoms with Crippen molar-refractivity contribution in [1.29, 1.82) is 0 Å². The number of carbonyl (C=O) groups is 1. The fourth-order valence-corrected chi connectivity index (χ4v) is 4.38. The average molecular weight is 406 g/mol. The number of benzene rings is 1. The number of nitrogens with zero attached hydrogens (tertiary/aromatic N) is 3. The average Bonchev–Trinajstić information content (AvgIpc) is 2.70. The molecule has 2 heterocycles. The molecule has 1 N–H and O–H groups in total. The summed E-state index contributed by atoms with van der Waals surface area (Å²) in [5, 5.41) is 10.4. The quantitative estimate of drug-likeness (QED) is 0.810. The summed E-state index contributed by atoms with van der Waals surface area (Å²) < 4.78 is 37.6. The number of amides is 1. The van der Waals surface area contributed by atoms with E-state index >= 15 is 0 Å². The standard InChI is InChI=1S/C18H22N4O5S/c1-13-5-10-17(21-20-13)27-15-4-3-11-22(12-15)28(24,25)16-8-6-14(7-9-16)19-18(23)26-2/h5-10,15H,3-4,11-12H2,1-2H3,(H,19,23). The van der Waals surface area contributed by atoms with Crippen molar-refractivity contribution in [3.05, 3.63) is 42.1 Å². The third kappa shape index (κ3) is 4.76. The Kier molecular flexibility index (Phi) is 6.10. The molecule has 1 unspecified atom stereocenters. The van der Waals surface area contributed by atoms with Gasteiger partial charge in [0.1, 0.15) is 6.10 Å². The van der Waals surface area contributed by atoms with Crippen LogP contribution in [0, 0.1) is 6.92 Å². The summed E-state index contributed by atoms with van der Waals surface area (Å²) in [6.45, 7) is 2.49. The van der Waals surface area contributed by atoms with Gasteiger partial charge >= 0.3 is 6.09 Å². The zero-order valence-corrected chi connectivity index (χ0v) is 16.5. The maximum Gasteiger partial charge on any atom is 0.411 e. The van der Waals surface area contributed by atoms with E-state index in [4.69, 9.17) is 4.74 Å². The van der Waals surface area contributed by atoms with Crippen LogP contribution < -0.4 is 10.1 Å².